The third kappa shape index (κ3) is 3.04. The standard InChI is InChI=1S/C11H14N2OS/c14-11(10-8-15-5-4-13-10)6-9-2-1-3-12-7-9/h1-3,7,10,13H,4-6,8H2. The molecule has 15 heavy (non-hydrogen) atoms. The molecule has 1 fully saturated rings. The van der Waals surface area contributed by atoms with Crippen molar-refractivity contribution in [3.05, 3.63) is 30.1 Å². The van der Waals surface area contributed by atoms with Gasteiger partial charge in [0, 0.05) is 36.9 Å². The Morgan fingerprint density at radius 2 is 2.60 bits per heavy atom. The molecule has 1 atom stereocenters. The van der Waals surface area contributed by atoms with Crippen LogP contribution in [0, 0.1) is 0 Å². The Balaban J connectivity index is 1.91. The number of hydrogen-bond acceptors (Lipinski definition) is 4. The summed E-state index contributed by atoms with van der Waals surface area (Å²) < 4.78 is 0. The van der Waals surface area contributed by atoms with Crippen LogP contribution in [0.15, 0.2) is 24.5 Å². The minimum absolute atomic E-state index is 0.0314. The fraction of sp³-hybridized carbons (Fsp3) is 0.455. The van der Waals surface area contributed by atoms with Crippen molar-refractivity contribution in [2.45, 2.75) is 12.5 Å². The lowest BCUT2D eigenvalue weighted by atomic mass is 10.1. The highest BCUT2D eigenvalue weighted by molar-refractivity contribution is 7.99. The van der Waals surface area contributed by atoms with Crippen LogP contribution in [0.1, 0.15) is 5.56 Å². The van der Waals surface area contributed by atoms with Crippen LogP contribution >= 0.6 is 11.8 Å². The average molecular weight is 222 g/mol. The quantitative estimate of drug-likeness (QED) is 0.825. The summed E-state index contributed by atoms with van der Waals surface area (Å²) in [5.41, 5.74) is 1.000. The van der Waals surface area contributed by atoms with Gasteiger partial charge in [0.05, 0.1) is 6.04 Å². The molecule has 3 nitrogen and oxygen atoms in total. The topological polar surface area (TPSA) is 42.0 Å². The van der Waals surface area contributed by atoms with E-state index in [9.17, 15) is 4.79 Å². The second kappa shape index (κ2) is 5.28. The molecule has 1 unspecified atom stereocenters. The summed E-state index contributed by atoms with van der Waals surface area (Å²) in [6, 6.07) is 3.84. The molecule has 0 aliphatic carbocycles. The zero-order valence-electron chi connectivity index (χ0n) is 8.48. The molecule has 4 heteroatoms. The Kier molecular flexibility index (Phi) is 3.75. The molecule has 0 saturated carbocycles. The van der Waals surface area contributed by atoms with Crippen molar-refractivity contribution in [2.75, 3.05) is 18.1 Å². The average Bonchev–Trinajstić information content (AvgIpc) is 2.31. The highest BCUT2D eigenvalue weighted by Crippen LogP contribution is 2.10. The number of pyridine rings is 1. The molecule has 1 saturated heterocycles. The third-order valence-electron chi connectivity index (χ3n) is 2.41. The Bertz CT molecular complexity index is 323. The number of Topliss-reactive ketones (excluding diaryl/α,β-unsaturated/α-hetero) is 1. The van der Waals surface area contributed by atoms with Gasteiger partial charge in [-0.15, -0.1) is 0 Å². The van der Waals surface area contributed by atoms with Crippen molar-refractivity contribution < 1.29 is 4.79 Å². The number of hydrogen-bond donors (Lipinski definition) is 1. The Morgan fingerprint density at radius 1 is 1.67 bits per heavy atom. The van der Waals surface area contributed by atoms with E-state index >= 15 is 0 Å². The summed E-state index contributed by atoms with van der Waals surface area (Å²) in [6.45, 7) is 0.939. The predicted octanol–water partition coefficient (Wildman–Crippen LogP) is 0.898. The summed E-state index contributed by atoms with van der Waals surface area (Å²) in [7, 11) is 0. The van der Waals surface area contributed by atoms with E-state index < -0.39 is 0 Å². The highest BCUT2D eigenvalue weighted by atomic mass is 32.2. The molecule has 0 spiro atoms. The van der Waals surface area contributed by atoms with E-state index in [0.29, 0.717) is 6.42 Å². The van der Waals surface area contributed by atoms with Gasteiger partial charge in [-0.25, -0.2) is 0 Å². The molecule has 80 valence electrons. The summed E-state index contributed by atoms with van der Waals surface area (Å²) in [5.74, 6) is 2.28. The maximum absolute atomic E-state index is 11.9. The fourth-order valence-electron chi connectivity index (χ4n) is 1.60. The van der Waals surface area contributed by atoms with E-state index in [4.69, 9.17) is 0 Å². The molecule has 1 aromatic heterocycles. The first-order chi connectivity index (χ1) is 7.36. The zero-order chi connectivity index (χ0) is 10.5. The van der Waals surface area contributed by atoms with Gasteiger partial charge in [0.15, 0.2) is 5.78 Å². The number of nitrogens with one attached hydrogen (secondary N) is 1. The van der Waals surface area contributed by atoms with E-state index in [1.54, 1.807) is 12.4 Å². The van der Waals surface area contributed by atoms with E-state index in [1.807, 2.05) is 23.9 Å². The van der Waals surface area contributed by atoms with Gasteiger partial charge in [-0.05, 0) is 11.6 Å². The fourth-order valence-corrected chi connectivity index (χ4v) is 2.57. The Hall–Kier alpha value is -0.870. The third-order valence-corrected chi connectivity index (χ3v) is 3.47. The zero-order valence-corrected chi connectivity index (χ0v) is 9.30. The van der Waals surface area contributed by atoms with Gasteiger partial charge in [-0.2, -0.15) is 11.8 Å². The lowest BCUT2D eigenvalue weighted by Crippen LogP contribution is -2.44. The van der Waals surface area contributed by atoms with Crippen LogP contribution in [0.4, 0.5) is 0 Å². The molecule has 1 aromatic rings. The molecule has 1 aliphatic heterocycles. The van der Waals surface area contributed by atoms with Crippen molar-refractivity contribution in [3.63, 3.8) is 0 Å². The van der Waals surface area contributed by atoms with Crippen molar-refractivity contribution in [1.82, 2.24) is 10.3 Å². The number of carbonyl (C=O) groups is 1. The SMILES string of the molecule is O=C(Cc1cccnc1)C1CSCCN1. The van der Waals surface area contributed by atoms with Crippen LogP contribution in [-0.4, -0.2) is 34.9 Å². The number of rotatable bonds is 3. The number of thioether (sulfide) groups is 1. The first kappa shape index (κ1) is 10.6. The van der Waals surface area contributed by atoms with Gasteiger partial charge in [0.1, 0.15) is 0 Å². The minimum atomic E-state index is 0.0314. The lowest BCUT2D eigenvalue weighted by Gasteiger charge is -2.21. The van der Waals surface area contributed by atoms with Crippen LogP contribution < -0.4 is 5.32 Å². The molecule has 1 N–H and O–H groups in total. The van der Waals surface area contributed by atoms with Crippen molar-refractivity contribution >= 4 is 17.5 Å². The molecule has 0 radical (unpaired) electrons. The molecule has 2 rings (SSSR count). The van der Waals surface area contributed by atoms with E-state index in [1.165, 1.54) is 0 Å². The van der Waals surface area contributed by atoms with Gasteiger partial charge in [0.25, 0.3) is 0 Å². The number of carbonyl (C=O) groups excluding carboxylic acids is 1. The molecule has 0 amide bonds. The van der Waals surface area contributed by atoms with Crippen LogP contribution in [-0.2, 0) is 11.2 Å². The second-order valence-corrected chi connectivity index (χ2v) is 4.74. The molecular weight excluding hydrogens is 208 g/mol. The van der Waals surface area contributed by atoms with Gasteiger partial charge < -0.3 is 5.32 Å². The summed E-state index contributed by atoms with van der Waals surface area (Å²) in [5, 5.41) is 3.25. The maximum Gasteiger partial charge on any atom is 0.154 e. The summed E-state index contributed by atoms with van der Waals surface area (Å²) in [6.07, 6.45) is 3.97. The van der Waals surface area contributed by atoms with Crippen LogP contribution in [0.3, 0.4) is 0 Å². The number of nitrogens with zero attached hydrogens (tertiary/aromatic N) is 1. The monoisotopic (exact) mass is 222 g/mol. The number of aromatic nitrogens is 1. The normalized spacial score (nSPS) is 21.2. The molecule has 0 aromatic carbocycles. The largest absolute Gasteiger partial charge is 0.306 e. The van der Waals surface area contributed by atoms with Gasteiger partial charge in [-0.1, -0.05) is 6.07 Å². The summed E-state index contributed by atoms with van der Waals surface area (Å²) in [4.78, 5) is 15.9. The van der Waals surface area contributed by atoms with E-state index in [-0.39, 0.29) is 11.8 Å². The van der Waals surface area contributed by atoms with Crippen molar-refractivity contribution in [1.29, 1.82) is 0 Å². The summed E-state index contributed by atoms with van der Waals surface area (Å²) >= 11 is 1.84. The smallest absolute Gasteiger partial charge is 0.154 e. The Morgan fingerprint density at radius 3 is 3.27 bits per heavy atom. The van der Waals surface area contributed by atoms with Crippen LogP contribution in [0.25, 0.3) is 0 Å². The van der Waals surface area contributed by atoms with E-state index in [0.717, 1.165) is 23.6 Å². The molecular formula is C11H14N2OS. The molecule has 0 bridgehead atoms. The Labute approximate surface area is 93.7 Å². The predicted molar refractivity (Wildman–Crippen MR) is 62.1 cm³/mol. The van der Waals surface area contributed by atoms with Crippen molar-refractivity contribution in [3.8, 4) is 0 Å². The van der Waals surface area contributed by atoms with Crippen molar-refractivity contribution in [2.24, 2.45) is 0 Å². The number of ketones is 1. The maximum atomic E-state index is 11.9. The van der Waals surface area contributed by atoms with Gasteiger partial charge in [0.2, 0.25) is 0 Å². The van der Waals surface area contributed by atoms with Gasteiger partial charge >= 0.3 is 0 Å². The van der Waals surface area contributed by atoms with E-state index in [2.05, 4.69) is 10.3 Å². The molecule has 1 aliphatic rings. The molecule has 2 heterocycles. The second-order valence-electron chi connectivity index (χ2n) is 3.59. The lowest BCUT2D eigenvalue weighted by molar-refractivity contribution is -0.119. The highest BCUT2D eigenvalue weighted by Gasteiger charge is 2.20. The first-order valence-electron chi connectivity index (χ1n) is 5.09. The van der Waals surface area contributed by atoms with Crippen LogP contribution in [0.2, 0.25) is 0 Å². The van der Waals surface area contributed by atoms with Gasteiger partial charge in [-0.3, -0.25) is 9.78 Å². The first-order valence-corrected chi connectivity index (χ1v) is 6.24. The van der Waals surface area contributed by atoms with Crippen LogP contribution in [0.5, 0.6) is 0 Å². The minimum Gasteiger partial charge on any atom is -0.306 e.